The summed E-state index contributed by atoms with van der Waals surface area (Å²) in [5.41, 5.74) is 1.31. The molecule has 24 heavy (non-hydrogen) atoms. The van der Waals surface area contributed by atoms with Crippen molar-refractivity contribution in [2.45, 2.75) is 57.1 Å². The Morgan fingerprint density at radius 3 is 3.00 bits per heavy atom. The van der Waals surface area contributed by atoms with Crippen LogP contribution in [-0.2, 0) is 11.2 Å². The number of rotatable bonds is 5. The third kappa shape index (κ3) is 2.79. The standard InChI is InChI=1S/C19H27N3O2/c23-18(21-12-5-7-14-6-1-4-11-20-14)22-16-15-8-13-24-17(15)19(16)9-2-3-10-19/h1,4,6,11,15-17H,2-3,5,7-10,12-13H2,(H2,21,22,23). The van der Waals surface area contributed by atoms with Gasteiger partial charge in [-0.15, -0.1) is 0 Å². The molecule has 0 bridgehead atoms. The van der Waals surface area contributed by atoms with Gasteiger partial charge >= 0.3 is 6.03 Å². The number of aryl methyl sites for hydroxylation is 1. The van der Waals surface area contributed by atoms with Crippen LogP contribution in [0.2, 0.25) is 0 Å². The summed E-state index contributed by atoms with van der Waals surface area (Å²) in [5.74, 6) is 0.530. The Labute approximate surface area is 143 Å². The van der Waals surface area contributed by atoms with Crippen molar-refractivity contribution in [3.63, 3.8) is 0 Å². The number of nitrogens with zero attached hydrogens (tertiary/aromatic N) is 1. The maximum absolute atomic E-state index is 12.3. The highest BCUT2D eigenvalue weighted by Gasteiger charge is 2.65. The molecule has 1 aromatic rings. The third-order valence-electron chi connectivity index (χ3n) is 6.19. The first-order chi connectivity index (χ1) is 11.8. The summed E-state index contributed by atoms with van der Waals surface area (Å²) in [6.45, 7) is 1.55. The zero-order chi connectivity index (χ0) is 16.4. The van der Waals surface area contributed by atoms with Crippen molar-refractivity contribution in [3.8, 4) is 0 Å². The highest BCUT2D eigenvalue weighted by Crippen LogP contribution is 2.60. The molecule has 1 aromatic heterocycles. The number of aromatic nitrogens is 1. The number of ether oxygens (including phenoxy) is 1. The van der Waals surface area contributed by atoms with Crippen LogP contribution in [0.4, 0.5) is 4.79 Å². The summed E-state index contributed by atoms with van der Waals surface area (Å²) in [6.07, 6.45) is 10.1. The van der Waals surface area contributed by atoms with E-state index in [4.69, 9.17) is 4.74 Å². The molecule has 2 amide bonds. The molecule has 3 atom stereocenters. The van der Waals surface area contributed by atoms with Crippen molar-refractivity contribution < 1.29 is 9.53 Å². The molecule has 3 unspecified atom stereocenters. The first-order valence-electron chi connectivity index (χ1n) is 9.35. The number of urea groups is 1. The van der Waals surface area contributed by atoms with Gasteiger partial charge in [-0.05, 0) is 44.2 Å². The van der Waals surface area contributed by atoms with Crippen LogP contribution < -0.4 is 10.6 Å². The lowest BCUT2D eigenvalue weighted by molar-refractivity contribution is -0.126. The van der Waals surface area contributed by atoms with Gasteiger partial charge in [0.05, 0.1) is 6.10 Å². The quantitative estimate of drug-likeness (QED) is 0.816. The zero-order valence-corrected chi connectivity index (χ0v) is 14.2. The smallest absolute Gasteiger partial charge is 0.315 e. The van der Waals surface area contributed by atoms with Gasteiger partial charge in [-0.25, -0.2) is 4.79 Å². The van der Waals surface area contributed by atoms with Gasteiger partial charge in [-0.3, -0.25) is 4.98 Å². The van der Waals surface area contributed by atoms with E-state index in [0.29, 0.717) is 24.6 Å². The fourth-order valence-electron chi connectivity index (χ4n) is 5.11. The van der Waals surface area contributed by atoms with Crippen molar-refractivity contribution >= 4 is 6.03 Å². The monoisotopic (exact) mass is 329 g/mol. The van der Waals surface area contributed by atoms with Crippen molar-refractivity contribution in [3.05, 3.63) is 30.1 Å². The molecule has 1 saturated heterocycles. The van der Waals surface area contributed by atoms with Crippen molar-refractivity contribution in [1.82, 2.24) is 15.6 Å². The predicted molar refractivity (Wildman–Crippen MR) is 91.6 cm³/mol. The number of amides is 2. The lowest BCUT2D eigenvalue weighted by Crippen LogP contribution is -2.69. The van der Waals surface area contributed by atoms with Crippen LogP contribution in [0, 0.1) is 11.3 Å². The number of carbonyl (C=O) groups excluding carboxylic acids is 1. The molecule has 2 heterocycles. The van der Waals surface area contributed by atoms with Crippen LogP contribution in [0.3, 0.4) is 0 Å². The highest BCUT2D eigenvalue weighted by molar-refractivity contribution is 5.74. The summed E-state index contributed by atoms with van der Waals surface area (Å²) in [5, 5.41) is 6.29. The molecule has 4 rings (SSSR count). The number of hydrogen-bond acceptors (Lipinski definition) is 3. The minimum Gasteiger partial charge on any atom is -0.377 e. The highest BCUT2D eigenvalue weighted by atomic mass is 16.5. The number of fused-ring (bicyclic) bond motifs is 2. The average Bonchev–Trinajstić information content (AvgIpc) is 3.26. The summed E-state index contributed by atoms with van der Waals surface area (Å²) in [6, 6.07) is 6.24. The largest absolute Gasteiger partial charge is 0.377 e. The topological polar surface area (TPSA) is 63.2 Å². The number of hydrogen-bond donors (Lipinski definition) is 2. The fourth-order valence-corrected chi connectivity index (χ4v) is 5.11. The molecule has 2 aliphatic carbocycles. The van der Waals surface area contributed by atoms with Crippen LogP contribution in [0.25, 0.3) is 0 Å². The van der Waals surface area contributed by atoms with Gasteiger partial charge < -0.3 is 15.4 Å². The van der Waals surface area contributed by atoms with Crippen LogP contribution in [0.15, 0.2) is 24.4 Å². The average molecular weight is 329 g/mol. The fraction of sp³-hybridized carbons (Fsp3) is 0.684. The van der Waals surface area contributed by atoms with Crippen molar-refractivity contribution in [2.75, 3.05) is 13.2 Å². The van der Waals surface area contributed by atoms with E-state index in [-0.39, 0.29) is 11.4 Å². The Morgan fingerprint density at radius 2 is 2.21 bits per heavy atom. The van der Waals surface area contributed by atoms with E-state index in [1.165, 1.54) is 25.7 Å². The predicted octanol–water partition coefficient (Wildman–Crippen LogP) is 2.66. The second kappa shape index (κ2) is 6.71. The number of pyridine rings is 1. The molecule has 0 aromatic carbocycles. The van der Waals surface area contributed by atoms with Crippen LogP contribution in [0.1, 0.15) is 44.2 Å². The molecule has 3 aliphatic rings. The second-order valence-corrected chi connectivity index (χ2v) is 7.49. The first kappa shape index (κ1) is 15.9. The van der Waals surface area contributed by atoms with Gasteiger partial charge in [0.25, 0.3) is 0 Å². The van der Waals surface area contributed by atoms with Crippen molar-refractivity contribution in [1.29, 1.82) is 0 Å². The third-order valence-corrected chi connectivity index (χ3v) is 6.19. The van der Waals surface area contributed by atoms with E-state index in [9.17, 15) is 4.79 Å². The Bertz CT molecular complexity index is 571. The molecule has 2 saturated carbocycles. The number of carbonyl (C=O) groups is 1. The van der Waals surface area contributed by atoms with E-state index in [0.717, 1.165) is 31.6 Å². The van der Waals surface area contributed by atoms with Gasteiger partial charge in [0.1, 0.15) is 0 Å². The molecule has 5 nitrogen and oxygen atoms in total. The summed E-state index contributed by atoms with van der Waals surface area (Å²) < 4.78 is 5.97. The maximum atomic E-state index is 12.3. The Hall–Kier alpha value is -1.62. The van der Waals surface area contributed by atoms with Crippen LogP contribution in [0.5, 0.6) is 0 Å². The lowest BCUT2D eigenvalue weighted by atomic mass is 9.54. The van der Waals surface area contributed by atoms with Crippen LogP contribution in [-0.4, -0.2) is 36.3 Å². The van der Waals surface area contributed by atoms with Crippen LogP contribution >= 0.6 is 0 Å². The zero-order valence-electron chi connectivity index (χ0n) is 14.2. The molecular weight excluding hydrogens is 302 g/mol. The SMILES string of the molecule is O=C(NCCCc1ccccn1)NC1C2CCOC2C12CCCC2. The Kier molecular flexibility index (Phi) is 4.44. The van der Waals surface area contributed by atoms with E-state index in [1.807, 2.05) is 24.4 Å². The van der Waals surface area contributed by atoms with Gasteiger partial charge in [0, 0.05) is 42.4 Å². The molecule has 1 spiro atoms. The Balaban J connectivity index is 1.24. The summed E-state index contributed by atoms with van der Waals surface area (Å²) >= 11 is 0. The first-order valence-corrected chi connectivity index (χ1v) is 9.35. The maximum Gasteiger partial charge on any atom is 0.315 e. The summed E-state index contributed by atoms with van der Waals surface area (Å²) in [7, 11) is 0. The van der Waals surface area contributed by atoms with E-state index in [1.54, 1.807) is 0 Å². The van der Waals surface area contributed by atoms with E-state index < -0.39 is 0 Å². The summed E-state index contributed by atoms with van der Waals surface area (Å²) in [4.78, 5) is 16.6. The minimum absolute atomic E-state index is 0.0161. The lowest BCUT2D eigenvalue weighted by Gasteiger charge is -2.56. The number of nitrogens with one attached hydrogen (secondary N) is 2. The minimum atomic E-state index is -0.0161. The van der Waals surface area contributed by atoms with Gasteiger partial charge in [0.15, 0.2) is 0 Å². The molecule has 5 heteroatoms. The molecule has 1 aliphatic heterocycles. The van der Waals surface area contributed by atoms with Crippen molar-refractivity contribution in [2.24, 2.45) is 11.3 Å². The second-order valence-electron chi connectivity index (χ2n) is 7.49. The van der Waals surface area contributed by atoms with E-state index >= 15 is 0 Å². The molecule has 130 valence electrons. The van der Waals surface area contributed by atoms with Gasteiger partial charge in [-0.1, -0.05) is 18.9 Å². The normalized spacial score (nSPS) is 29.9. The molecule has 2 N–H and O–H groups in total. The van der Waals surface area contributed by atoms with Gasteiger partial charge in [0.2, 0.25) is 0 Å². The molecule has 3 fully saturated rings. The Morgan fingerprint density at radius 1 is 1.33 bits per heavy atom. The van der Waals surface area contributed by atoms with E-state index in [2.05, 4.69) is 15.6 Å². The molecular formula is C19H27N3O2. The van der Waals surface area contributed by atoms with Gasteiger partial charge in [-0.2, -0.15) is 0 Å². The molecule has 0 radical (unpaired) electrons.